The largest absolute Gasteiger partial charge is 0.495 e. The number of nitrogens with zero attached hydrogens (tertiary/aromatic N) is 1. The first kappa shape index (κ1) is 15.1. The van der Waals surface area contributed by atoms with Gasteiger partial charge in [0.1, 0.15) is 5.75 Å². The highest BCUT2D eigenvalue weighted by Crippen LogP contribution is 2.28. The van der Waals surface area contributed by atoms with Gasteiger partial charge < -0.3 is 15.2 Å². The van der Waals surface area contributed by atoms with Crippen LogP contribution in [0, 0.1) is 0 Å². The number of methoxy groups -OCH3 is 2. The molecule has 0 radical (unpaired) electrons. The zero-order valence-electron chi connectivity index (χ0n) is 11.7. The number of nitrogen functional groups attached to an aromatic ring is 1. The first-order chi connectivity index (χ1) is 9.48. The first-order valence-electron chi connectivity index (χ1n) is 6.45. The number of rotatable bonds is 4. The smallest absolute Gasteiger partial charge is 0.243 e. The van der Waals surface area contributed by atoms with Crippen molar-refractivity contribution in [2.24, 2.45) is 0 Å². The molecule has 0 atom stereocenters. The molecule has 6 nitrogen and oxygen atoms in total. The van der Waals surface area contributed by atoms with Crippen LogP contribution in [0.2, 0.25) is 0 Å². The maximum Gasteiger partial charge on any atom is 0.243 e. The number of hydrogen-bond acceptors (Lipinski definition) is 5. The summed E-state index contributed by atoms with van der Waals surface area (Å²) in [5.74, 6) is 0.373. The van der Waals surface area contributed by atoms with Gasteiger partial charge in [0.25, 0.3) is 0 Å². The van der Waals surface area contributed by atoms with E-state index < -0.39 is 10.0 Å². The average Bonchev–Trinajstić information content (AvgIpc) is 2.47. The van der Waals surface area contributed by atoms with Crippen LogP contribution in [0.25, 0.3) is 0 Å². The molecule has 1 aromatic carbocycles. The van der Waals surface area contributed by atoms with Crippen LogP contribution in [0.1, 0.15) is 12.8 Å². The van der Waals surface area contributed by atoms with E-state index in [2.05, 4.69) is 0 Å². The van der Waals surface area contributed by atoms with Crippen molar-refractivity contribution in [1.82, 2.24) is 4.31 Å². The fourth-order valence-electron chi connectivity index (χ4n) is 2.31. The summed E-state index contributed by atoms with van der Waals surface area (Å²) in [6, 6.07) is 4.52. The molecule has 0 bridgehead atoms. The molecule has 1 fully saturated rings. The Balaban J connectivity index is 2.22. The van der Waals surface area contributed by atoms with Crippen molar-refractivity contribution in [2.75, 3.05) is 33.0 Å². The molecule has 0 aromatic heterocycles. The van der Waals surface area contributed by atoms with Crippen molar-refractivity contribution in [3.05, 3.63) is 18.2 Å². The highest BCUT2D eigenvalue weighted by Gasteiger charge is 2.29. The van der Waals surface area contributed by atoms with Crippen LogP contribution in [-0.2, 0) is 14.8 Å². The lowest BCUT2D eigenvalue weighted by Crippen LogP contribution is -2.40. The van der Waals surface area contributed by atoms with Gasteiger partial charge in [0.05, 0.1) is 23.8 Å². The van der Waals surface area contributed by atoms with E-state index in [1.807, 2.05) is 0 Å². The fourth-order valence-corrected chi connectivity index (χ4v) is 3.79. The highest BCUT2D eigenvalue weighted by molar-refractivity contribution is 7.89. The van der Waals surface area contributed by atoms with Gasteiger partial charge in [-0.25, -0.2) is 8.42 Å². The van der Waals surface area contributed by atoms with Crippen LogP contribution in [-0.4, -0.2) is 46.1 Å². The molecule has 2 rings (SSSR count). The normalized spacial score (nSPS) is 18.1. The Labute approximate surface area is 119 Å². The molecule has 1 aliphatic rings. The van der Waals surface area contributed by atoms with Crippen LogP contribution in [0.3, 0.4) is 0 Å². The summed E-state index contributed by atoms with van der Waals surface area (Å²) in [6.45, 7) is 0.932. The Kier molecular flexibility index (Phi) is 4.52. The van der Waals surface area contributed by atoms with E-state index in [4.69, 9.17) is 15.2 Å². The Morgan fingerprint density at radius 2 is 1.90 bits per heavy atom. The van der Waals surface area contributed by atoms with Crippen molar-refractivity contribution in [3.63, 3.8) is 0 Å². The van der Waals surface area contributed by atoms with Gasteiger partial charge in [0, 0.05) is 26.3 Å². The van der Waals surface area contributed by atoms with Gasteiger partial charge in [0.15, 0.2) is 0 Å². The lowest BCUT2D eigenvalue weighted by Gasteiger charge is -2.30. The second-order valence-corrected chi connectivity index (χ2v) is 6.68. The van der Waals surface area contributed by atoms with Gasteiger partial charge in [-0.05, 0) is 25.0 Å². The van der Waals surface area contributed by atoms with Gasteiger partial charge in [0.2, 0.25) is 10.0 Å². The molecule has 112 valence electrons. The SMILES string of the molecule is COc1cc(S(=O)(=O)N2CCC(OC)CC2)ccc1N. The number of benzene rings is 1. The predicted octanol–water partition coefficient (Wildman–Crippen LogP) is 1.08. The molecule has 0 saturated carbocycles. The minimum Gasteiger partial charge on any atom is -0.495 e. The van der Waals surface area contributed by atoms with Crippen molar-refractivity contribution >= 4 is 15.7 Å². The summed E-state index contributed by atoms with van der Waals surface area (Å²) in [4.78, 5) is 0.208. The van der Waals surface area contributed by atoms with E-state index in [9.17, 15) is 8.42 Å². The van der Waals surface area contributed by atoms with Crippen molar-refractivity contribution in [1.29, 1.82) is 0 Å². The molecule has 0 aliphatic carbocycles. The summed E-state index contributed by atoms with van der Waals surface area (Å²) in [7, 11) is -0.384. The second kappa shape index (κ2) is 5.99. The van der Waals surface area contributed by atoms with Crippen LogP contribution >= 0.6 is 0 Å². The molecule has 0 amide bonds. The summed E-state index contributed by atoms with van der Waals surface area (Å²) >= 11 is 0. The molecule has 20 heavy (non-hydrogen) atoms. The average molecular weight is 300 g/mol. The van der Waals surface area contributed by atoms with Gasteiger partial charge >= 0.3 is 0 Å². The van der Waals surface area contributed by atoms with E-state index in [1.54, 1.807) is 13.2 Å². The monoisotopic (exact) mass is 300 g/mol. The van der Waals surface area contributed by atoms with E-state index in [1.165, 1.54) is 23.5 Å². The number of anilines is 1. The van der Waals surface area contributed by atoms with Gasteiger partial charge in [-0.1, -0.05) is 0 Å². The van der Waals surface area contributed by atoms with Gasteiger partial charge in [-0.3, -0.25) is 0 Å². The quantitative estimate of drug-likeness (QED) is 0.841. The van der Waals surface area contributed by atoms with Crippen molar-refractivity contribution in [2.45, 2.75) is 23.8 Å². The summed E-state index contributed by atoms with van der Waals surface area (Å²) in [5.41, 5.74) is 6.13. The summed E-state index contributed by atoms with van der Waals surface area (Å²) in [6.07, 6.45) is 1.56. The lowest BCUT2D eigenvalue weighted by molar-refractivity contribution is 0.0604. The second-order valence-electron chi connectivity index (χ2n) is 4.74. The maximum absolute atomic E-state index is 12.6. The van der Waals surface area contributed by atoms with E-state index >= 15 is 0 Å². The minimum absolute atomic E-state index is 0.141. The zero-order chi connectivity index (χ0) is 14.8. The Hall–Kier alpha value is -1.31. The first-order valence-corrected chi connectivity index (χ1v) is 7.89. The number of nitrogens with two attached hydrogens (primary N) is 1. The van der Waals surface area contributed by atoms with Gasteiger partial charge in [-0.15, -0.1) is 0 Å². The molecule has 0 unspecified atom stereocenters. The zero-order valence-corrected chi connectivity index (χ0v) is 12.5. The molecule has 1 saturated heterocycles. The van der Waals surface area contributed by atoms with Gasteiger partial charge in [-0.2, -0.15) is 4.31 Å². The topological polar surface area (TPSA) is 81.9 Å². The number of sulfonamides is 1. The standard InChI is InChI=1S/C13H20N2O4S/c1-18-10-5-7-15(8-6-10)20(16,17)11-3-4-12(14)13(9-11)19-2/h3-4,9-10H,5-8,14H2,1-2H3. The third kappa shape index (κ3) is 2.89. The van der Waals surface area contributed by atoms with E-state index in [0.717, 1.165) is 0 Å². The number of ether oxygens (including phenoxy) is 2. The number of hydrogen-bond donors (Lipinski definition) is 1. The molecule has 7 heteroatoms. The summed E-state index contributed by atoms with van der Waals surface area (Å²) < 4.78 is 36.9. The molecule has 1 aliphatic heterocycles. The maximum atomic E-state index is 12.6. The van der Waals surface area contributed by atoms with Crippen LogP contribution < -0.4 is 10.5 Å². The van der Waals surface area contributed by atoms with E-state index in [-0.39, 0.29) is 11.0 Å². The highest BCUT2D eigenvalue weighted by atomic mass is 32.2. The van der Waals surface area contributed by atoms with Crippen LogP contribution in [0.5, 0.6) is 5.75 Å². The number of piperidine rings is 1. The summed E-state index contributed by atoms with van der Waals surface area (Å²) in [5, 5.41) is 0. The Morgan fingerprint density at radius 1 is 1.25 bits per heavy atom. The molecule has 2 N–H and O–H groups in total. The third-order valence-electron chi connectivity index (χ3n) is 3.58. The Bertz CT molecular complexity index is 566. The van der Waals surface area contributed by atoms with Crippen LogP contribution in [0.15, 0.2) is 23.1 Å². The van der Waals surface area contributed by atoms with Crippen molar-refractivity contribution < 1.29 is 17.9 Å². The lowest BCUT2D eigenvalue weighted by atomic mass is 10.1. The van der Waals surface area contributed by atoms with Crippen LogP contribution in [0.4, 0.5) is 5.69 Å². The minimum atomic E-state index is -3.50. The third-order valence-corrected chi connectivity index (χ3v) is 5.47. The molecule has 1 heterocycles. The molecule has 0 spiro atoms. The fraction of sp³-hybridized carbons (Fsp3) is 0.538. The predicted molar refractivity (Wildman–Crippen MR) is 76.2 cm³/mol. The molecule has 1 aromatic rings. The molecular weight excluding hydrogens is 280 g/mol. The molecular formula is C13H20N2O4S. The van der Waals surface area contributed by atoms with E-state index in [0.29, 0.717) is 37.4 Å². The Morgan fingerprint density at radius 3 is 2.45 bits per heavy atom. The van der Waals surface area contributed by atoms with Crippen molar-refractivity contribution in [3.8, 4) is 5.75 Å².